The Morgan fingerprint density at radius 3 is 2.38 bits per heavy atom. The third kappa shape index (κ3) is 1.18. The number of hydrogen-bond donors (Lipinski definition) is 1. The van der Waals surface area contributed by atoms with Crippen molar-refractivity contribution in [2.45, 2.75) is 6.92 Å². The van der Waals surface area contributed by atoms with Crippen LogP contribution in [-0.2, 0) is 0 Å². The summed E-state index contributed by atoms with van der Waals surface area (Å²) in [4.78, 5) is 0. The molecular formula is C15H12O. The van der Waals surface area contributed by atoms with E-state index in [2.05, 4.69) is 30.3 Å². The molecule has 1 heteroatoms. The van der Waals surface area contributed by atoms with Gasteiger partial charge in [-0.25, -0.2) is 0 Å². The fourth-order valence-electron chi connectivity index (χ4n) is 2.18. The lowest BCUT2D eigenvalue weighted by Crippen LogP contribution is -1.81. The van der Waals surface area contributed by atoms with Crippen molar-refractivity contribution in [2.24, 2.45) is 0 Å². The number of benzene rings is 3. The van der Waals surface area contributed by atoms with Crippen LogP contribution >= 0.6 is 0 Å². The van der Waals surface area contributed by atoms with Crippen LogP contribution in [0.2, 0.25) is 0 Å². The Hall–Kier alpha value is -2.02. The summed E-state index contributed by atoms with van der Waals surface area (Å²) in [5, 5.41) is 14.5. The number of phenolic OH excluding ortho intramolecular Hbond substituents is 1. The van der Waals surface area contributed by atoms with Crippen LogP contribution in [0, 0.1) is 6.92 Å². The molecule has 0 radical (unpaired) electrons. The molecule has 3 aromatic rings. The number of hydrogen-bond acceptors (Lipinski definition) is 1. The molecule has 1 N–H and O–H groups in total. The first-order chi connectivity index (χ1) is 7.77. The van der Waals surface area contributed by atoms with Gasteiger partial charge in [-0.2, -0.15) is 0 Å². The third-order valence-electron chi connectivity index (χ3n) is 3.08. The molecule has 0 aliphatic heterocycles. The first kappa shape index (κ1) is 9.22. The Morgan fingerprint density at radius 1 is 0.812 bits per heavy atom. The molecule has 0 spiro atoms. The topological polar surface area (TPSA) is 20.2 Å². The number of phenols is 1. The van der Waals surface area contributed by atoms with Crippen molar-refractivity contribution in [3.05, 3.63) is 54.1 Å². The average Bonchev–Trinajstić information content (AvgIpc) is 2.33. The second-order valence-corrected chi connectivity index (χ2v) is 4.12. The van der Waals surface area contributed by atoms with Gasteiger partial charge in [0.2, 0.25) is 0 Å². The lowest BCUT2D eigenvalue weighted by molar-refractivity contribution is 0.478. The molecule has 16 heavy (non-hydrogen) atoms. The summed E-state index contributed by atoms with van der Waals surface area (Å²) in [5.41, 5.74) is 0.920. The highest BCUT2D eigenvalue weighted by molar-refractivity contribution is 6.10. The van der Waals surface area contributed by atoms with Crippen LogP contribution in [0.15, 0.2) is 48.5 Å². The van der Waals surface area contributed by atoms with Crippen LogP contribution in [-0.4, -0.2) is 5.11 Å². The second-order valence-electron chi connectivity index (χ2n) is 4.12. The van der Waals surface area contributed by atoms with Gasteiger partial charge in [-0.3, -0.25) is 0 Å². The molecule has 0 saturated carbocycles. The quantitative estimate of drug-likeness (QED) is 0.553. The molecule has 0 saturated heterocycles. The van der Waals surface area contributed by atoms with Crippen molar-refractivity contribution in [2.75, 3.05) is 0 Å². The van der Waals surface area contributed by atoms with E-state index in [0.29, 0.717) is 5.75 Å². The lowest BCUT2D eigenvalue weighted by Gasteiger charge is -2.07. The Bertz CT molecular complexity index is 683. The molecule has 78 valence electrons. The zero-order chi connectivity index (χ0) is 11.1. The molecular weight excluding hydrogens is 196 g/mol. The van der Waals surface area contributed by atoms with Crippen LogP contribution in [0.3, 0.4) is 0 Å². The Balaban J connectivity index is 2.63. The lowest BCUT2D eigenvalue weighted by atomic mass is 9.99. The Morgan fingerprint density at radius 2 is 1.50 bits per heavy atom. The van der Waals surface area contributed by atoms with Gasteiger partial charge in [-0.15, -0.1) is 0 Å². The molecule has 3 aromatic carbocycles. The van der Waals surface area contributed by atoms with Gasteiger partial charge in [0.15, 0.2) is 0 Å². The molecule has 0 heterocycles. The molecule has 1 nitrogen and oxygen atoms in total. The van der Waals surface area contributed by atoms with E-state index >= 15 is 0 Å². The number of rotatable bonds is 0. The van der Waals surface area contributed by atoms with E-state index < -0.39 is 0 Å². The van der Waals surface area contributed by atoms with E-state index in [1.54, 1.807) is 0 Å². The first-order valence-corrected chi connectivity index (χ1v) is 5.37. The summed E-state index contributed by atoms with van der Waals surface area (Å²) in [6.45, 7) is 1.93. The molecule has 0 aliphatic carbocycles. The summed E-state index contributed by atoms with van der Waals surface area (Å²) >= 11 is 0. The van der Waals surface area contributed by atoms with Gasteiger partial charge in [0.05, 0.1) is 0 Å². The van der Waals surface area contributed by atoms with Gasteiger partial charge in [-0.1, -0.05) is 48.5 Å². The minimum atomic E-state index is 0.398. The first-order valence-electron chi connectivity index (χ1n) is 5.37. The largest absolute Gasteiger partial charge is 0.507 e. The monoisotopic (exact) mass is 208 g/mol. The minimum Gasteiger partial charge on any atom is -0.507 e. The van der Waals surface area contributed by atoms with Gasteiger partial charge in [-0.05, 0) is 28.6 Å². The average molecular weight is 208 g/mol. The highest BCUT2D eigenvalue weighted by Crippen LogP contribution is 2.34. The summed E-state index contributed by atoms with van der Waals surface area (Å²) in [5.74, 6) is 0.398. The zero-order valence-corrected chi connectivity index (χ0v) is 9.07. The molecule has 0 amide bonds. The van der Waals surface area contributed by atoms with E-state index in [4.69, 9.17) is 0 Å². The molecule has 0 aromatic heterocycles. The third-order valence-corrected chi connectivity index (χ3v) is 3.08. The standard InChI is InChI=1S/C15H12O/c1-10-6-7-12-9-8-11-4-2-3-5-13(11)14(12)15(10)16/h2-9,16H,1H3. The molecule has 0 unspecified atom stereocenters. The van der Waals surface area contributed by atoms with Crippen molar-refractivity contribution in [3.63, 3.8) is 0 Å². The molecule has 0 aliphatic rings. The van der Waals surface area contributed by atoms with Crippen LogP contribution < -0.4 is 0 Å². The van der Waals surface area contributed by atoms with E-state index in [9.17, 15) is 5.11 Å². The zero-order valence-electron chi connectivity index (χ0n) is 9.07. The van der Waals surface area contributed by atoms with Crippen molar-refractivity contribution < 1.29 is 5.11 Å². The van der Waals surface area contributed by atoms with Gasteiger partial charge in [0.25, 0.3) is 0 Å². The van der Waals surface area contributed by atoms with Crippen LogP contribution in [0.4, 0.5) is 0 Å². The maximum atomic E-state index is 10.2. The predicted octanol–water partition coefficient (Wildman–Crippen LogP) is 4.01. The van der Waals surface area contributed by atoms with E-state index in [1.165, 1.54) is 0 Å². The molecule has 0 atom stereocenters. The van der Waals surface area contributed by atoms with Crippen LogP contribution in [0.25, 0.3) is 21.5 Å². The van der Waals surface area contributed by atoms with Gasteiger partial charge < -0.3 is 5.11 Å². The van der Waals surface area contributed by atoms with Crippen molar-refractivity contribution in [3.8, 4) is 5.75 Å². The summed E-state index contributed by atoms with van der Waals surface area (Å²) in [6.07, 6.45) is 0. The fraction of sp³-hybridized carbons (Fsp3) is 0.0667. The maximum absolute atomic E-state index is 10.2. The van der Waals surface area contributed by atoms with Crippen molar-refractivity contribution >= 4 is 21.5 Å². The van der Waals surface area contributed by atoms with E-state index in [1.807, 2.05) is 25.1 Å². The second kappa shape index (κ2) is 3.24. The smallest absolute Gasteiger partial charge is 0.126 e. The van der Waals surface area contributed by atoms with Crippen LogP contribution in [0.1, 0.15) is 5.56 Å². The SMILES string of the molecule is Cc1ccc2ccc3ccccc3c2c1O. The Kier molecular flexibility index (Phi) is 1.87. The predicted molar refractivity (Wildman–Crippen MR) is 67.9 cm³/mol. The summed E-state index contributed by atoms with van der Waals surface area (Å²) in [6, 6.07) is 16.3. The number of aryl methyl sites for hydroxylation is 1. The number of aromatic hydroxyl groups is 1. The maximum Gasteiger partial charge on any atom is 0.126 e. The van der Waals surface area contributed by atoms with Gasteiger partial charge >= 0.3 is 0 Å². The Labute approximate surface area is 94.0 Å². The van der Waals surface area contributed by atoms with Gasteiger partial charge in [0, 0.05) is 5.39 Å². The van der Waals surface area contributed by atoms with E-state index in [0.717, 1.165) is 27.1 Å². The summed E-state index contributed by atoms with van der Waals surface area (Å²) < 4.78 is 0. The van der Waals surface area contributed by atoms with Crippen molar-refractivity contribution in [1.29, 1.82) is 0 Å². The fourth-order valence-corrected chi connectivity index (χ4v) is 2.18. The van der Waals surface area contributed by atoms with Gasteiger partial charge in [0.1, 0.15) is 5.75 Å². The van der Waals surface area contributed by atoms with Crippen molar-refractivity contribution in [1.82, 2.24) is 0 Å². The molecule has 0 fully saturated rings. The van der Waals surface area contributed by atoms with E-state index in [-0.39, 0.29) is 0 Å². The number of fused-ring (bicyclic) bond motifs is 3. The summed E-state index contributed by atoms with van der Waals surface area (Å²) in [7, 11) is 0. The highest BCUT2D eigenvalue weighted by atomic mass is 16.3. The minimum absolute atomic E-state index is 0.398. The normalized spacial score (nSPS) is 11.1. The highest BCUT2D eigenvalue weighted by Gasteiger charge is 2.06. The molecule has 0 bridgehead atoms. The molecule has 3 rings (SSSR count). The van der Waals surface area contributed by atoms with Crippen LogP contribution in [0.5, 0.6) is 5.75 Å².